The summed E-state index contributed by atoms with van der Waals surface area (Å²) in [7, 11) is 3.18. The second kappa shape index (κ2) is 27.5. The molecule has 2 aliphatic heterocycles. The molecule has 71 heavy (non-hydrogen) atoms. The number of nitrogens with zero attached hydrogens (tertiary/aromatic N) is 2. The Hall–Kier alpha value is -5.32. The van der Waals surface area contributed by atoms with Gasteiger partial charge in [-0.05, 0) is 98.9 Å². The molecule has 3 aromatic carbocycles. The molecule has 1 aromatic heterocycles. The number of thiophene rings is 1. The fourth-order valence-electron chi connectivity index (χ4n) is 10.9. The first kappa shape index (κ1) is 53.5. The van der Waals surface area contributed by atoms with Crippen molar-refractivity contribution in [1.29, 1.82) is 0 Å². The topological polar surface area (TPSA) is 160 Å². The van der Waals surface area contributed by atoms with Crippen LogP contribution >= 0.6 is 11.3 Å². The van der Waals surface area contributed by atoms with E-state index in [9.17, 15) is 19.2 Å². The second-order valence-electron chi connectivity index (χ2n) is 19.5. The molecule has 0 radical (unpaired) electrons. The molecule has 4 aromatic rings. The van der Waals surface area contributed by atoms with Crippen LogP contribution in [0.15, 0.2) is 96.4 Å². The second-order valence-corrected chi connectivity index (χ2v) is 20.5. The molecule has 4 aliphatic rings. The summed E-state index contributed by atoms with van der Waals surface area (Å²) < 4.78 is 21.8. The van der Waals surface area contributed by atoms with E-state index in [4.69, 9.17) is 18.9 Å². The fourth-order valence-corrected chi connectivity index (χ4v) is 11.5. The maximum atomic E-state index is 12.7. The van der Waals surface area contributed by atoms with Gasteiger partial charge in [-0.3, -0.25) is 29.0 Å². The first-order valence-electron chi connectivity index (χ1n) is 25.7. The molecule has 2 saturated carbocycles. The van der Waals surface area contributed by atoms with Gasteiger partial charge in [-0.2, -0.15) is 0 Å². The highest BCUT2D eigenvalue weighted by Gasteiger charge is 2.42. The van der Waals surface area contributed by atoms with Crippen molar-refractivity contribution in [3.05, 3.63) is 118 Å². The third-order valence-electron chi connectivity index (χ3n) is 14.8. The third kappa shape index (κ3) is 16.3. The van der Waals surface area contributed by atoms with E-state index in [2.05, 4.69) is 91.7 Å². The smallest absolute Gasteiger partial charge is 0.220 e. The van der Waals surface area contributed by atoms with E-state index in [0.717, 1.165) is 127 Å². The number of carbonyl (C=O) groups excluding carboxylic acids is 4. The molecule has 3 heterocycles. The lowest BCUT2D eigenvalue weighted by Gasteiger charge is -2.50. The molecular weight excluding hydrogens is 917 g/mol. The third-order valence-corrected chi connectivity index (χ3v) is 15.7. The summed E-state index contributed by atoms with van der Waals surface area (Å²) in [5, 5.41) is 14.1. The monoisotopic (exact) mass is 993 g/mol. The Balaban J connectivity index is 0.000000211. The van der Waals surface area contributed by atoms with Gasteiger partial charge in [-0.25, -0.2) is 0 Å². The number of nitrogens with one attached hydrogen (secondary N) is 4. The lowest BCUT2D eigenvalue weighted by Crippen LogP contribution is -2.58. The predicted molar refractivity (Wildman–Crippen MR) is 277 cm³/mol. The van der Waals surface area contributed by atoms with Gasteiger partial charge in [0.15, 0.2) is 0 Å². The summed E-state index contributed by atoms with van der Waals surface area (Å²) >= 11 is 1.62. The average Bonchev–Trinajstić information content (AvgIpc) is 3.95. The molecule has 4 fully saturated rings. The number of morpholine rings is 2. The highest BCUT2D eigenvalue weighted by molar-refractivity contribution is 7.09. The molecule has 4 N–H and O–H groups in total. The van der Waals surface area contributed by atoms with Crippen molar-refractivity contribution in [3.8, 4) is 11.5 Å². The Labute approximate surface area is 424 Å². The van der Waals surface area contributed by atoms with Crippen LogP contribution in [0, 0.1) is 0 Å². The number of hydrogen-bond donors (Lipinski definition) is 4. The number of benzene rings is 3. The molecule has 0 atom stereocenters. The Bertz CT molecular complexity index is 2240. The van der Waals surface area contributed by atoms with Gasteiger partial charge in [0.25, 0.3) is 0 Å². The van der Waals surface area contributed by atoms with E-state index in [1.807, 2.05) is 29.6 Å². The molecule has 0 unspecified atom stereocenters. The SMILES string of the molecule is COc1ccc(CNC(=O)CCC(=O)NC2CCC(Cc3ccccc3)(N3CCOCC3)CC2)c(OC)c1.O=C(CCC(=O)NC1CCC(Cc2ccccc2)(N2CCOCC2)CC1)NCc1cccs1. The van der Waals surface area contributed by atoms with E-state index < -0.39 is 0 Å². The van der Waals surface area contributed by atoms with Crippen LogP contribution in [0.4, 0.5) is 0 Å². The zero-order chi connectivity index (χ0) is 49.7. The van der Waals surface area contributed by atoms with Crippen molar-refractivity contribution in [2.45, 2.75) is 126 Å². The molecule has 384 valence electrons. The minimum Gasteiger partial charge on any atom is -0.497 e. The van der Waals surface area contributed by atoms with Gasteiger partial charge in [-0.15, -0.1) is 11.3 Å². The van der Waals surface area contributed by atoms with Gasteiger partial charge in [0.05, 0.1) is 47.2 Å². The number of amides is 4. The van der Waals surface area contributed by atoms with Crippen molar-refractivity contribution in [3.63, 3.8) is 0 Å². The van der Waals surface area contributed by atoms with Gasteiger partial charge < -0.3 is 40.2 Å². The lowest BCUT2D eigenvalue weighted by molar-refractivity contribution is -0.127. The molecule has 2 aliphatic carbocycles. The Kier molecular flexibility index (Phi) is 20.7. The average molecular weight is 993 g/mol. The normalized spacial score (nSPS) is 22.7. The van der Waals surface area contributed by atoms with Crippen LogP contribution in [0.1, 0.15) is 98.6 Å². The van der Waals surface area contributed by atoms with Crippen molar-refractivity contribution in [2.75, 3.05) is 66.8 Å². The Morgan fingerprint density at radius 2 is 1.04 bits per heavy atom. The lowest BCUT2D eigenvalue weighted by atomic mass is 9.74. The number of ether oxygens (including phenoxy) is 4. The summed E-state index contributed by atoms with van der Waals surface area (Å²) in [5.41, 5.74) is 3.83. The van der Waals surface area contributed by atoms with Crippen LogP contribution < -0.4 is 30.7 Å². The molecule has 8 rings (SSSR count). The number of rotatable bonds is 20. The van der Waals surface area contributed by atoms with Gasteiger partial charge in [0.1, 0.15) is 11.5 Å². The molecular formula is C56H76N6O8S. The van der Waals surface area contributed by atoms with Crippen molar-refractivity contribution in [2.24, 2.45) is 0 Å². The van der Waals surface area contributed by atoms with Gasteiger partial charge >= 0.3 is 0 Å². The van der Waals surface area contributed by atoms with E-state index in [1.54, 1.807) is 31.6 Å². The molecule has 4 amide bonds. The largest absolute Gasteiger partial charge is 0.497 e. The fraction of sp³-hybridized carbons (Fsp3) is 0.536. The maximum Gasteiger partial charge on any atom is 0.220 e. The van der Waals surface area contributed by atoms with Crippen molar-refractivity contribution in [1.82, 2.24) is 31.1 Å². The van der Waals surface area contributed by atoms with Gasteiger partial charge in [0, 0.05) is 98.1 Å². The number of carbonyl (C=O) groups is 4. The number of methoxy groups -OCH3 is 2. The summed E-state index contributed by atoms with van der Waals surface area (Å²) in [6.07, 6.45) is 10.9. The first-order chi connectivity index (χ1) is 34.6. The minimum absolute atomic E-state index is 0.0202. The zero-order valence-electron chi connectivity index (χ0n) is 41.9. The van der Waals surface area contributed by atoms with Crippen molar-refractivity contribution < 1.29 is 38.1 Å². The van der Waals surface area contributed by atoms with E-state index >= 15 is 0 Å². The van der Waals surface area contributed by atoms with Gasteiger partial charge in [0.2, 0.25) is 23.6 Å². The van der Waals surface area contributed by atoms with Gasteiger partial charge in [-0.1, -0.05) is 66.7 Å². The van der Waals surface area contributed by atoms with Crippen LogP contribution in [0.25, 0.3) is 0 Å². The first-order valence-corrected chi connectivity index (χ1v) is 26.6. The zero-order valence-corrected chi connectivity index (χ0v) is 42.7. The summed E-state index contributed by atoms with van der Waals surface area (Å²) in [6.45, 7) is 7.90. The summed E-state index contributed by atoms with van der Waals surface area (Å²) in [6, 6.07) is 31.2. The summed E-state index contributed by atoms with van der Waals surface area (Å²) in [4.78, 5) is 56.0. The Morgan fingerprint density at radius 3 is 1.48 bits per heavy atom. The minimum atomic E-state index is -0.157. The highest BCUT2D eigenvalue weighted by atomic mass is 32.1. The Morgan fingerprint density at radius 1 is 0.577 bits per heavy atom. The van der Waals surface area contributed by atoms with Crippen LogP contribution in [0.5, 0.6) is 11.5 Å². The highest BCUT2D eigenvalue weighted by Crippen LogP contribution is 2.39. The molecule has 0 spiro atoms. The molecule has 0 bridgehead atoms. The van der Waals surface area contributed by atoms with Crippen LogP contribution in [-0.2, 0) is 54.6 Å². The molecule has 2 saturated heterocycles. The van der Waals surface area contributed by atoms with Crippen LogP contribution in [0.3, 0.4) is 0 Å². The standard InChI is InChI=1S/C30H41N3O5.C26H35N3O3S/c1-36-26-9-8-24(27(20-26)37-2)22-31-28(34)10-11-29(35)32-25-12-14-30(15-13-25,33-16-18-38-19-17-33)21-23-6-4-3-5-7-23;30-24(27-20-23-7-4-18-33-23)8-9-25(31)28-22-10-12-26(13-11-22,29-14-16-32-17-15-29)19-21-5-2-1-3-6-21/h3-9,20,25H,10-19,21-22H2,1-2H3,(H,31,34)(H,32,35);1-7,18,22H,8-17,19-20H2,(H,27,30)(H,28,31). The van der Waals surface area contributed by atoms with E-state index in [-0.39, 0.29) is 72.5 Å². The van der Waals surface area contributed by atoms with Crippen LogP contribution in [0.2, 0.25) is 0 Å². The maximum absolute atomic E-state index is 12.7. The number of hydrogen-bond acceptors (Lipinski definition) is 11. The van der Waals surface area contributed by atoms with Crippen LogP contribution in [-0.4, -0.2) is 123 Å². The quantitative estimate of drug-likeness (QED) is 0.0728. The van der Waals surface area contributed by atoms with Crippen molar-refractivity contribution >= 4 is 35.0 Å². The molecule has 14 nitrogen and oxygen atoms in total. The van der Waals surface area contributed by atoms with E-state index in [0.29, 0.717) is 24.6 Å². The molecule has 15 heteroatoms. The summed E-state index contributed by atoms with van der Waals surface area (Å²) in [5.74, 6) is 1.04. The predicted octanol–water partition coefficient (Wildman–Crippen LogP) is 6.99. The van der Waals surface area contributed by atoms with E-state index in [1.165, 1.54) is 11.1 Å².